The van der Waals surface area contributed by atoms with Gasteiger partial charge in [0.05, 0.1) is 0 Å². The first-order valence-corrected chi connectivity index (χ1v) is 7.33. The predicted molar refractivity (Wildman–Crippen MR) is 76.2 cm³/mol. The van der Waals surface area contributed by atoms with Crippen LogP contribution >= 0.6 is 11.3 Å². The average molecular weight is 270 g/mol. The molecule has 0 radical (unpaired) electrons. The van der Waals surface area contributed by atoms with E-state index in [0.29, 0.717) is 6.54 Å². The molecule has 1 aliphatic rings. The highest BCUT2D eigenvalue weighted by Gasteiger charge is 2.22. The number of nitrogens with zero attached hydrogens (tertiary/aromatic N) is 3. The zero-order valence-electron chi connectivity index (χ0n) is 10.5. The van der Waals surface area contributed by atoms with Crippen LogP contribution in [0.15, 0.2) is 24.3 Å². The Balaban J connectivity index is 1.95. The van der Waals surface area contributed by atoms with Gasteiger partial charge in [0.2, 0.25) is 4.96 Å². The third-order valence-corrected chi connectivity index (χ3v) is 4.81. The van der Waals surface area contributed by atoms with E-state index >= 15 is 0 Å². The minimum absolute atomic E-state index is 0.553. The molecule has 19 heavy (non-hydrogen) atoms. The van der Waals surface area contributed by atoms with Crippen LogP contribution < -0.4 is 5.73 Å². The minimum Gasteiger partial charge on any atom is -0.326 e. The Hall–Kier alpha value is -1.72. The van der Waals surface area contributed by atoms with Crippen LogP contribution in [0.3, 0.4) is 0 Å². The van der Waals surface area contributed by atoms with Crippen molar-refractivity contribution < 1.29 is 0 Å². The van der Waals surface area contributed by atoms with E-state index in [2.05, 4.69) is 26.7 Å². The molecule has 0 unspecified atom stereocenters. The lowest BCUT2D eigenvalue weighted by molar-refractivity contribution is 0.888. The van der Waals surface area contributed by atoms with Crippen molar-refractivity contribution in [3.8, 4) is 11.4 Å². The molecule has 4 nitrogen and oxygen atoms in total. The van der Waals surface area contributed by atoms with E-state index < -0.39 is 0 Å². The molecular weight excluding hydrogens is 256 g/mol. The summed E-state index contributed by atoms with van der Waals surface area (Å²) < 4.78 is 2.22. The molecule has 0 spiro atoms. The summed E-state index contributed by atoms with van der Waals surface area (Å²) in [6.07, 6.45) is 3.57. The zero-order chi connectivity index (χ0) is 12.8. The van der Waals surface area contributed by atoms with Crippen molar-refractivity contribution in [1.29, 1.82) is 0 Å². The summed E-state index contributed by atoms with van der Waals surface area (Å²) in [4.78, 5) is 2.49. The summed E-state index contributed by atoms with van der Waals surface area (Å²) in [7, 11) is 0. The molecule has 0 amide bonds. The van der Waals surface area contributed by atoms with Crippen molar-refractivity contribution >= 4 is 16.3 Å². The van der Waals surface area contributed by atoms with Crippen LogP contribution in [0.25, 0.3) is 16.3 Å². The summed E-state index contributed by atoms with van der Waals surface area (Å²) in [5.74, 6) is 0.949. The molecule has 0 saturated heterocycles. The Bertz CT molecular complexity index is 756. The molecule has 2 aromatic heterocycles. The monoisotopic (exact) mass is 270 g/mol. The molecule has 4 rings (SSSR count). The van der Waals surface area contributed by atoms with Gasteiger partial charge in [-0.25, -0.2) is 0 Å². The van der Waals surface area contributed by atoms with Crippen LogP contribution in [0.5, 0.6) is 0 Å². The smallest absolute Gasteiger partial charge is 0.216 e. The summed E-state index contributed by atoms with van der Waals surface area (Å²) in [6.45, 7) is 0.553. The fourth-order valence-corrected chi connectivity index (χ4v) is 3.91. The first-order chi connectivity index (χ1) is 9.36. The molecule has 1 aromatic carbocycles. The van der Waals surface area contributed by atoms with E-state index in [0.717, 1.165) is 28.3 Å². The van der Waals surface area contributed by atoms with Gasteiger partial charge in [-0.3, -0.25) is 4.40 Å². The van der Waals surface area contributed by atoms with Gasteiger partial charge in [-0.1, -0.05) is 29.5 Å². The van der Waals surface area contributed by atoms with E-state index in [9.17, 15) is 0 Å². The molecule has 0 atom stereocenters. The Labute approximate surface area is 114 Å². The molecule has 1 aliphatic carbocycles. The number of aromatic nitrogens is 3. The second-order valence-corrected chi connectivity index (χ2v) is 5.93. The van der Waals surface area contributed by atoms with Gasteiger partial charge in [0.15, 0.2) is 5.82 Å². The predicted octanol–water partition coefficient (Wildman–Crippen LogP) is 2.41. The highest BCUT2D eigenvalue weighted by molar-refractivity contribution is 7.17. The van der Waals surface area contributed by atoms with Crippen molar-refractivity contribution in [3.05, 3.63) is 40.4 Å². The van der Waals surface area contributed by atoms with E-state index in [-0.39, 0.29) is 0 Å². The van der Waals surface area contributed by atoms with Gasteiger partial charge in [-0.15, -0.1) is 10.2 Å². The first kappa shape index (κ1) is 11.1. The number of thiazole rings is 1. The summed E-state index contributed by atoms with van der Waals surface area (Å²) >= 11 is 1.78. The van der Waals surface area contributed by atoms with E-state index in [1.165, 1.54) is 23.4 Å². The van der Waals surface area contributed by atoms with Crippen molar-refractivity contribution in [2.24, 2.45) is 5.73 Å². The molecule has 0 fully saturated rings. The lowest BCUT2D eigenvalue weighted by atomic mass is 10.1. The first-order valence-electron chi connectivity index (χ1n) is 6.52. The van der Waals surface area contributed by atoms with Crippen LogP contribution in [0, 0.1) is 0 Å². The van der Waals surface area contributed by atoms with Crippen molar-refractivity contribution in [1.82, 2.24) is 14.6 Å². The molecule has 0 saturated carbocycles. The molecule has 0 bridgehead atoms. The fraction of sp³-hybridized carbons (Fsp3) is 0.286. The normalized spacial score (nSPS) is 14.2. The Kier molecular flexibility index (Phi) is 2.43. The Morgan fingerprint density at radius 1 is 1.26 bits per heavy atom. The van der Waals surface area contributed by atoms with Gasteiger partial charge < -0.3 is 5.73 Å². The number of fused-ring (bicyclic) bond motifs is 3. The largest absolute Gasteiger partial charge is 0.326 e. The molecule has 96 valence electrons. The highest BCUT2D eigenvalue weighted by Crippen LogP contribution is 2.33. The standard InChI is InChI=1S/C14H14N4S/c15-8-9-3-1-4-10(7-9)13-16-17-14-18(13)11-5-2-6-12(11)19-14/h1,3-4,7H,2,5-6,8,15H2. The van der Waals surface area contributed by atoms with Gasteiger partial charge in [0.1, 0.15) is 0 Å². The number of hydrogen-bond donors (Lipinski definition) is 1. The number of benzene rings is 1. The Morgan fingerprint density at radius 3 is 3.11 bits per heavy atom. The van der Waals surface area contributed by atoms with Crippen molar-refractivity contribution in [3.63, 3.8) is 0 Å². The molecule has 2 N–H and O–H groups in total. The SMILES string of the molecule is NCc1cccc(-c2nnc3sc4c(n23)CCC4)c1. The fourth-order valence-electron chi connectivity index (χ4n) is 2.76. The van der Waals surface area contributed by atoms with Gasteiger partial charge in [0.25, 0.3) is 0 Å². The van der Waals surface area contributed by atoms with Gasteiger partial charge in [0, 0.05) is 22.7 Å². The van der Waals surface area contributed by atoms with E-state index in [4.69, 9.17) is 5.73 Å². The van der Waals surface area contributed by atoms with Crippen LogP contribution in [0.2, 0.25) is 0 Å². The number of hydrogen-bond acceptors (Lipinski definition) is 4. The lowest BCUT2D eigenvalue weighted by Crippen LogP contribution is -1.97. The van der Waals surface area contributed by atoms with E-state index in [1.807, 2.05) is 12.1 Å². The Morgan fingerprint density at radius 2 is 2.21 bits per heavy atom. The third kappa shape index (κ3) is 1.62. The maximum atomic E-state index is 5.71. The van der Waals surface area contributed by atoms with Crippen LogP contribution in [0.1, 0.15) is 22.6 Å². The maximum absolute atomic E-state index is 5.71. The highest BCUT2D eigenvalue weighted by atomic mass is 32.1. The zero-order valence-corrected chi connectivity index (χ0v) is 11.3. The maximum Gasteiger partial charge on any atom is 0.216 e. The minimum atomic E-state index is 0.553. The van der Waals surface area contributed by atoms with Gasteiger partial charge >= 0.3 is 0 Å². The summed E-state index contributed by atoms with van der Waals surface area (Å²) in [5, 5.41) is 8.68. The number of aryl methyl sites for hydroxylation is 2. The molecule has 3 aromatic rings. The van der Waals surface area contributed by atoms with Crippen molar-refractivity contribution in [2.45, 2.75) is 25.8 Å². The van der Waals surface area contributed by atoms with Crippen LogP contribution in [-0.4, -0.2) is 14.6 Å². The average Bonchev–Trinajstić information content (AvgIpc) is 3.10. The number of nitrogens with two attached hydrogens (primary N) is 1. The van der Waals surface area contributed by atoms with Gasteiger partial charge in [-0.2, -0.15) is 0 Å². The van der Waals surface area contributed by atoms with Crippen molar-refractivity contribution in [2.75, 3.05) is 0 Å². The lowest BCUT2D eigenvalue weighted by Gasteiger charge is -2.03. The van der Waals surface area contributed by atoms with Crippen LogP contribution in [0.4, 0.5) is 0 Å². The summed E-state index contributed by atoms with van der Waals surface area (Å²) in [5.41, 5.74) is 9.34. The third-order valence-electron chi connectivity index (χ3n) is 3.68. The molecule has 0 aliphatic heterocycles. The molecule has 5 heteroatoms. The topological polar surface area (TPSA) is 56.2 Å². The van der Waals surface area contributed by atoms with E-state index in [1.54, 1.807) is 11.3 Å². The second kappa shape index (κ2) is 4.15. The molecular formula is C14H14N4S. The summed E-state index contributed by atoms with van der Waals surface area (Å²) in [6, 6.07) is 8.26. The second-order valence-electron chi connectivity index (χ2n) is 4.87. The molecule has 2 heterocycles. The number of rotatable bonds is 2. The quantitative estimate of drug-likeness (QED) is 0.778. The van der Waals surface area contributed by atoms with Crippen LogP contribution in [-0.2, 0) is 19.4 Å². The van der Waals surface area contributed by atoms with Gasteiger partial charge in [-0.05, 0) is 30.9 Å².